The van der Waals surface area contributed by atoms with Crippen LogP contribution in [-0.2, 0) is 28.5 Å². The van der Waals surface area contributed by atoms with Gasteiger partial charge in [-0.3, -0.25) is 0 Å². The van der Waals surface area contributed by atoms with Gasteiger partial charge in [-0.05, 0) is 36.4 Å². The summed E-state index contributed by atoms with van der Waals surface area (Å²) in [6.45, 7) is -1.17. The second-order valence-corrected chi connectivity index (χ2v) is 8.18. The van der Waals surface area contributed by atoms with Gasteiger partial charge in [0.15, 0.2) is 18.5 Å². The van der Waals surface area contributed by atoms with Crippen LogP contribution in [-0.4, -0.2) is 66.8 Å². The topological polar surface area (TPSA) is 135 Å². The van der Waals surface area contributed by atoms with Gasteiger partial charge in [0.05, 0.1) is 16.7 Å². The normalized spacial score (nSPS) is 20.3. The van der Waals surface area contributed by atoms with Gasteiger partial charge >= 0.3 is 23.9 Å². The highest BCUT2D eigenvalue weighted by Gasteiger charge is 2.51. The number of esters is 3. The van der Waals surface area contributed by atoms with Gasteiger partial charge in [-0.1, -0.05) is 54.6 Å². The Labute approximate surface area is 217 Å². The Morgan fingerprint density at radius 3 is 1.58 bits per heavy atom. The molecule has 0 radical (unpaired) electrons. The average molecular weight is 520 g/mol. The Hall–Kier alpha value is -4.54. The third-order valence-corrected chi connectivity index (χ3v) is 5.53. The molecule has 0 spiro atoms. The lowest BCUT2D eigenvalue weighted by molar-refractivity contribution is -0.182. The molecule has 0 bridgehead atoms. The maximum absolute atomic E-state index is 12.9. The van der Waals surface area contributed by atoms with Crippen molar-refractivity contribution >= 4 is 23.9 Å². The number of carboxylic acids is 1. The molecule has 38 heavy (non-hydrogen) atoms. The summed E-state index contributed by atoms with van der Waals surface area (Å²) in [6.07, 6.45) is -5.22. The molecule has 196 valence electrons. The van der Waals surface area contributed by atoms with E-state index in [0.717, 1.165) is 0 Å². The van der Waals surface area contributed by atoms with E-state index in [1.807, 2.05) is 0 Å². The smallest absolute Gasteiger partial charge is 0.338 e. The average Bonchev–Trinajstić information content (AvgIpc) is 3.27. The number of rotatable bonds is 10. The summed E-state index contributed by atoms with van der Waals surface area (Å²) in [7, 11) is 0. The molecule has 1 heterocycles. The fraction of sp³-hybridized carbons (Fsp3) is 0.214. The highest BCUT2D eigenvalue weighted by atomic mass is 16.7. The summed E-state index contributed by atoms with van der Waals surface area (Å²) in [6, 6.07) is 24.3. The van der Waals surface area contributed by atoms with Gasteiger partial charge in [-0.2, -0.15) is 0 Å². The molecule has 1 aliphatic heterocycles. The zero-order chi connectivity index (χ0) is 26.9. The molecule has 0 aromatic heterocycles. The van der Waals surface area contributed by atoms with Crippen LogP contribution in [0.4, 0.5) is 0 Å². The lowest BCUT2D eigenvalue weighted by Gasteiger charge is -2.24. The van der Waals surface area contributed by atoms with E-state index in [2.05, 4.69) is 0 Å². The summed E-state index contributed by atoms with van der Waals surface area (Å²) in [5.74, 6) is -3.47. The molecule has 0 saturated carbocycles. The molecule has 1 fully saturated rings. The van der Waals surface area contributed by atoms with Gasteiger partial charge in [0, 0.05) is 0 Å². The van der Waals surface area contributed by atoms with E-state index >= 15 is 0 Å². The maximum Gasteiger partial charge on any atom is 0.338 e. The minimum atomic E-state index is -1.42. The van der Waals surface area contributed by atoms with Gasteiger partial charge < -0.3 is 28.8 Å². The third-order valence-electron chi connectivity index (χ3n) is 5.53. The summed E-state index contributed by atoms with van der Waals surface area (Å²) >= 11 is 0. The number of ether oxygens (including phenoxy) is 5. The minimum Gasteiger partial charge on any atom is -0.480 e. The van der Waals surface area contributed by atoms with Crippen LogP contribution in [0.25, 0.3) is 0 Å². The second kappa shape index (κ2) is 12.6. The number of carboxylic acid groups (broad SMARTS) is 1. The molecular formula is C28H24O10. The van der Waals surface area contributed by atoms with Gasteiger partial charge in [-0.15, -0.1) is 0 Å². The largest absolute Gasteiger partial charge is 0.480 e. The molecule has 4 atom stereocenters. The lowest BCUT2D eigenvalue weighted by atomic mass is 10.1. The van der Waals surface area contributed by atoms with E-state index in [4.69, 9.17) is 28.8 Å². The van der Waals surface area contributed by atoms with Crippen LogP contribution in [0.5, 0.6) is 0 Å². The first-order chi connectivity index (χ1) is 18.4. The highest BCUT2D eigenvalue weighted by molar-refractivity contribution is 5.91. The molecule has 1 N–H and O–H groups in total. The summed E-state index contributed by atoms with van der Waals surface area (Å²) in [5.41, 5.74) is 0.709. The molecule has 10 heteroatoms. The van der Waals surface area contributed by atoms with Crippen LogP contribution in [0.1, 0.15) is 31.1 Å². The highest BCUT2D eigenvalue weighted by Crippen LogP contribution is 2.30. The fourth-order valence-corrected chi connectivity index (χ4v) is 3.73. The van der Waals surface area contributed by atoms with Crippen molar-refractivity contribution in [2.75, 3.05) is 13.2 Å². The van der Waals surface area contributed by atoms with Gasteiger partial charge in [0.2, 0.25) is 0 Å². The van der Waals surface area contributed by atoms with Crippen molar-refractivity contribution in [2.45, 2.75) is 24.6 Å². The Morgan fingerprint density at radius 1 is 0.658 bits per heavy atom. The van der Waals surface area contributed by atoms with Crippen molar-refractivity contribution in [2.24, 2.45) is 0 Å². The van der Waals surface area contributed by atoms with Crippen molar-refractivity contribution in [3.63, 3.8) is 0 Å². The summed E-state index contributed by atoms with van der Waals surface area (Å²) < 4.78 is 27.8. The van der Waals surface area contributed by atoms with Gasteiger partial charge in [0.25, 0.3) is 0 Å². The first kappa shape index (κ1) is 26.5. The second-order valence-electron chi connectivity index (χ2n) is 8.18. The van der Waals surface area contributed by atoms with Crippen molar-refractivity contribution in [3.05, 3.63) is 108 Å². The van der Waals surface area contributed by atoms with Crippen LogP contribution >= 0.6 is 0 Å². The van der Waals surface area contributed by atoms with Crippen LogP contribution in [0.2, 0.25) is 0 Å². The van der Waals surface area contributed by atoms with E-state index in [1.165, 1.54) is 24.3 Å². The molecule has 4 rings (SSSR count). The zero-order valence-electron chi connectivity index (χ0n) is 20.0. The van der Waals surface area contributed by atoms with Gasteiger partial charge in [0.1, 0.15) is 19.3 Å². The Balaban J connectivity index is 1.58. The molecular weight excluding hydrogens is 496 g/mol. The molecule has 3 aromatic rings. The first-order valence-corrected chi connectivity index (χ1v) is 11.7. The lowest BCUT2D eigenvalue weighted by Crippen LogP contribution is -2.42. The van der Waals surface area contributed by atoms with Crippen LogP contribution in [0.3, 0.4) is 0 Å². The molecule has 0 amide bonds. The van der Waals surface area contributed by atoms with E-state index < -0.39 is 61.7 Å². The number of hydrogen-bond donors (Lipinski definition) is 1. The van der Waals surface area contributed by atoms with Crippen molar-refractivity contribution in [1.82, 2.24) is 0 Å². The van der Waals surface area contributed by atoms with E-state index in [9.17, 15) is 19.2 Å². The third kappa shape index (κ3) is 6.81. The van der Waals surface area contributed by atoms with Crippen molar-refractivity contribution < 1.29 is 48.0 Å². The monoisotopic (exact) mass is 520 g/mol. The van der Waals surface area contributed by atoms with Crippen LogP contribution in [0.15, 0.2) is 91.0 Å². The standard InChI is InChI=1S/C28H24O10/c29-22(30)17-35-28-24(38-27(33)20-14-8-3-9-15-20)23(37-26(32)19-12-6-2-7-13-19)21(36-28)16-34-25(31)18-10-4-1-5-11-18/h1-15,21,23-24,28H,16-17H2,(H,29,30)/t21-,23-,24-,28?/m1/s1. The number of aliphatic carboxylic acids is 1. The van der Waals surface area contributed by atoms with Gasteiger partial charge in [-0.25, -0.2) is 19.2 Å². The Morgan fingerprint density at radius 2 is 1.11 bits per heavy atom. The molecule has 3 aromatic carbocycles. The molecule has 1 aliphatic rings. The Bertz CT molecular complexity index is 1250. The van der Waals surface area contributed by atoms with Crippen molar-refractivity contribution in [1.29, 1.82) is 0 Å². The Kier molecular flexibility index (Phi) is 8.81. The number of carbonyl (C=O) groups is 4. The minimum absolute atomic E-state index is 0.205. The maximum atomic E-state index is 12.9. The molecule has 1 unspecified atom stereocenters. The predicted molar refractivity (Wildman–Crippen MR) is 130 cm³/mol. The number of hydrogen-bond acceptors (Lipinski definition) is 9. The summed E-state index contributed by atoms with van der Waals surface area (Å²) in [4.78, 5) is 49.5. The van der Waals surface area contributed by atoms with Crippen LogP contribution in [0, 0.1) is 0 Å². The quantitative estimate of drug-likeness (QED) is 0.314. The van der Waals surface area contributed by atoms with Crippen LogP contribution < -0.4 is 0 Å². The van der Waals surface area contributed by atoms with Crippen molar-refractivity contribution in [3.8, 4) is 0 Å². The number of benzene rings is 3. The molecule has 10 nitrogen and oxygen atoms in total. The molecule has 0 aliphatic carbocycles. The summed E-state index contributed by atoms with van der Waals surface area (Å²) in [5, 5.41) is 9.11. The SMILES string of the molecule is O=C(O)COC1O[C@H](COC(=O)c2ccccc2)[C@@H](OC(=O)c2ccccc2)[C@H]1OC(=O)c1ccccc1. The predicted octanol–water partition coefficient (Wildman–Crippen LogP) is 3.12. The fourth-order valence-electron chi connectivity index (χ4n) is 3.73. The zero-order valence-corrected chi connectivity index (χ0v) is 20.0. The first-order valence-electron chi connectivity index (χ1n) is 11.7. The van der Waals surface area contributed by atoms with E-state index in [-0.39, 0.29) is 16.7 Å². The van der Waals surface area contributed by atoms with E-state index in [0.29, 0.717) is 0 Å². The number of carbonyl (C=O) groups excluding carboxylic acids is 3. The van der Waals surface area contributed by atoms with E-state index in [1.54, 1.807) is 66.7 Å². The molecule has 1 saturated heterocycles.